The Morgan fingerprint density at radius 2 is 2.06 bits per heavy atom. The largest absolute Gasteiger partial charge is 0.495 e. The number of rotatable bonds is 8. The summed E-state index contributed by atoms with van der Waals surface area (Å²) in [5.41, 5.74) is 1.13. The van der Waals surface area contributed by atoms with Crippen molar-refractivity contribution in [3.05, 3.63) is 26.6 Å². The summed E-state index contributed by atoms with van der Waals surface area (Å²) in [6.07, 6.45) is 1.02. The van der Waals surface area contributed by atoms with Crippen molar-refractivity contribution in [3.63, 3.8) is 0 Å². The summed E-state index contributed by atoms with van der Waals surface area (Å²) in [5, 5.41) is 3.39. The molecular weight excluding hydrogens is 362 g/mol. The third-order valence-electron chi connectivity index (χ3n) is 2.45. The molecule has 0 atom stereocenters. The van der Waals surface area contributed by atoms with Crippen LogP contribution in [0.3, 0.4) is 0 Å². The Kier molecular flexibility index (Phi) is 7.90. The van der Waals surface area contributed by atoms with Gasteiger partial charge in [0.2, 0.25) is 0 Å². The van der Waals surface area contributed by atoms with Crippen LogP contribution in [-0.2, 0) is 11.3 Å². The lowest BCUT2D eigenvalue weighted by atomic mass is 10.2. The first kappa shape index (κ1) is 16.0. The number of nitrogens with one attached hydrogen (secondary N) is 1. The number of ether oxygens (including phenoxy) is 2. The molecule has 1 aromatic rings. The molecule has 5 heteroatoms. The van der Waals surface area contributed by atoms with Crippen molar-refractivity contribution in [2.24, 2.45) is 0 Å². The van der Waals surface area contributed by atoms with Crippen molar-refractivity contribution in [2.45, 2.75) is 19.9 Å². The first-order valence-electron chi connectivity index (χ1n) is 5.99. The van der Waals surface area contributed by atoms with Gasteiger partial charge in [-0.25, -0.2) is 0 Å². The summed E-state index contributed by atoms with van der Waals surface area (Å²) < 4.78 is 12.7. The molecule has 0 aliphatic heterocycles. The van der Waals surface area contributed by atoms with Gasteiger partial charge in [-0.3, -0.25) is 0 Å². The zero-order valence-electron chi connectivity index (χ0n) is 10.8. The monoisotopic (exact) mass is 379 g/mol. The standard InChI is InChI=1S/C13H19Br2NO2/c1-3-18-6-4-5-16-9-10-7-11(14)8-12(15)13(10)17-2/h7-8,16H,3-6,9H2,1-2H3. The predicted octanol–water partition coefficient (Wildman–Crippen LogP) is 3.74. The van der Waals surface area contributed by atoms with E-state index >= 15 is 0 Å². The van der Waals surface area contributed by atoms with Crippen LogP contribution in [0.25, 0.3) is 0 Å². The molecule has 1 aromatic carbocycles. The van der Waals surface area contributed by atoms with Crippen LogP contribution in [-0.4, -0.2) is 26.9 Å². The maximum absolute atomic E-state index is 5.39. The Bertz CT molecular complexity index is 372. The Morgan fingerprint density at radius 1 is 1.28 bits per heavy atom. The van der Waals surface area contributed by atoms with E-state index in [9.17, 15) is 0 Å². The molecule has 1 rings (SSSR count). The van der Waals surface area contributed by atoms with E-state index in [1.165, 1.54) is 0 Å². The van der Waals surface area contributed by atoms with Gasteiger partial charge in [-0.15, -0.1) is 0 Å². The number of benzene rings is 1. The molecule has 18 heavy (non-hydrogen) atoms. The molecule has 0 heterocycles. The van der Waals surface area contributed by atoms with Gasteiger partial charge < -0.3 is 14.8 Å². The van der Waals surface area contributed by atoms with E-state index in [0.29, 0.717) is 0 Å². The smallest absolute Gasteiger partial charge is 0.137 e. The minimum Gasteiger partial charge on any atom is -0.495 e. The van der Waals surface area contributed by atoms with Gasteiger partial charge in [-0.2, -0.15) is 0 Å². The number of hydrogen-bond donors (Lipinski definition) is 1. The maximum atomic E-state index is 5.39. The molecular formula is C13H19Br2NO2. The lowest BCUT2D eigenvalue weighted by Gasteiger charge is -2.12. The van der Waals surface area contributed by atoms with Crippen molar-refractivity contribution in [1.29, 1.82) is 0 Å². The molecule has 0 bridgehead atoms. The Morgan fingerprint density at radius 3 is 2.72 bits per heavy atom. The average molecular weight is 381 g/mol. The Balaban J connectivity index is 2.46. The summed E-state index contributed by atoms with van der Waals surface area (Å²) >= 11 is 6.98. The van der Waals surface area contributed by atoms with Gasteiger partial charge in [0.05, 0.1) is 11.6 Å². The normalized spacial score (nSPS) is 10.7. The highest BCUT2D eigenvalue weighted by Crippen LogP contribution is 2.32. The van der Waals surface area contributed by atoms with Crippen LogP contribution in [0.2, 0.25) is 0 Å². The van der Waals surface area contributed by atoms with Crippen LogP contribution in [0.15, 0.2) is 21.1 Å². The average Bonchev–Trinajstić information content (AvgIpc) is 2.33. The predicted molar refractivity (Wildman–Crippen MR) is 81.2 cm³/mol. The van der Waals surface area contributed by atoms with Crippen LogP contribution in [0.4, 0.5) is 0 Å². The Labute approximate surface area is 125 Å². The fourth-order valence-electron chi connectivity index (χ4n) is 1.64. The van der Waals surface area contributed by atoms with E-state index < -0.39 is 0 Å². The highest BCUT2D eigenvalue weighted by Gasteiger charge is 2.08. The van der Waals surface area contributed by atoms with Crippen LogP contribution < -0.4 is 10.1 Å². The van der Waals surface area contributed by atoms with E-state index in [4.69, 9.17) is 9.47 Å². The van der Waals surface area contributed by atoms with E-state index in [1.807, 2.05) is 13.0 Å². The minimum atomic E-state index is 0.784. The van der Waals surface area contributed by atoms with Gasteiger partial charge in [0.25, 0.3) is 0 Å². The fourth-order valence-corrected chi connectivity index (χ4v) is 3.12. The fraction of sp³-hybridized carbons (Fsp3) is 0.538. The van der Waals surface area contributed by atoms with Gasteiger partial charge in [0.1, 0.15) is 5.75 Å². The zero-order valence-corrected chi connectivity index (χ0v) is 13.9. The zero-order chi connectivity index (χ0) is 13.4. The minimum absolute atomic E-state index is 0.784. The molecule has 0 saturated carbocycles. The molecule has 0 aliphatic rings. The molecule has 0 saturated heterocycles. The second kappa shape index (κ2) is 8.91. The summed E-state index contributed by atoms with van der Waals surface area (Å²) in [6, 6.07) is 4.05. The van der Waals surface area contributed by atoms with E-state index in [1.54, 1.807) is 7.11 Å². The second-order valence-electron chi connectivity index (χ2n) is 3.81. The maximum Gasteiger partial charge on any atom is 0.137 e. The van der Waals surface area contributed by atoms with Crippen LogP contribution in [0.1, 0.15) is 18.9 Å². The van der Waals surface area contributed by atoms with E-state index in [2.05, 4.69) is 43.2 Å². The molecule has 0 fully saturated rings. The molecule has 0 aromatic heterocycles. The molecule has 0 unspecified atom stereocenters. The van der Waals surface area contributed by atoms with Gasteiger partial charge in [-0.1, -0.05) is 15.9 Å². The van der Waals surface area contributed by atoms with E-state index in [-0.39, 0.29) is 0 Å². The summed E-state index contributed by atoms with van der Waals surface area (Å²) in [4.78, 5) is 0. The topological polar surface area (TPSA) is 30.5 Å². The van der Waals surface area contributed by atoms with Crippen LogP contribution >= 0.6 is 31.9 Å². The number of hydrogen-bond acceptors (Lipinski definition) is 3. The van der Waals surface area contributed by atoms with Crippen molar-refractivity contribution >= 4 is 31.9 Å². The van der Waals surface area contributed by atoms with E-state index in [0.717, 1.165) is 53.0 Å². The van der Waals surface area contributed by atoms with Crippen LogP contribution in [0.5, 0.6) is 5.75 Å². The van der Waals surface area contributed by atoms with Gasteiger partial charge in [0.15, 0.2) is 0 Å². The lowest BCUT2D eigenvalue weighted by molar-refractivity contribution is 0.144. The van der Waals surface area contributed by atoms with Crippen LogP contribution in [0, 0.1) is 0 Å². The van der Waals surface area contributed by atoms with Crippen molar-refractivity contribution in [1.82, 2.24) is 5.32 Å². The van der Waals surface area contributed by atoms with Gasteiger partial charge in [0, 0.05) is 29.8 Å². The summed E-state index contributed by atoms with van der Waals surface area (Å²) in [5.74, 6) is 0.885. The summed E-state index contributed by atoms with van der Waals surface area (Å²) in [7, 11) is 1.69. The second-order valence-corrected chi connectivity index (χ2v) is 5.58. The first-order chi connectivity index (χ1) is 8.69. The molecule has 0 radical (unpaired) electrons. The van der Waals surface area contributed by atoms with Crippen molar-refractivity contribution in [2.75, 3.05) is 26.9 Å². The molecule has 3 nitrogen and oxygen atoms in total. The molecule has 102 valence electrons. The third-order valence-corrected chi connectivity index (χ3v) is 3.50. The molecule has 1 N–H and O–H groups in total. The molecule has 0 spiro atoms. The highest BCUT2D eigenvalue weighted by molar-refractivity contribution is 9.11. The van der Waals surface area contributed by atoms with Crippen molar-refractivity contribution < 1.29 is 9.47 Å². The number of methoxy groups -OCH3 is 1. The van der Waals surface area contributed by atoms with Gasteiger partial charge in [-0.05, 0) is 48.0 Å². The highest BCUT2D eigenvalue weighted by atomic mass is 79.9. The SMILES string of the molecule is CCOCCCNCc1cc(Br)cc(Br)c1OC. The molecule has 0 amide bonds. The number of halogens is 2. The lowest BCUT2D eigenvalue weighted by Crippen LogP contribution is -2.17. The first-order valence-corrected chi connectivity index (χ1v) is 7.58. The van der Waals surface area contributed by atoms with Gasteiger partial charge >= 0.3 is 0 Å². The Hall–Kier alpha value is -0.100. The molecule has 0 aliphatic carbocycles. The summed E-state index contributed by atoms with van der Waals surface area (Å²) in [6.45, 7) is 5.33. The third kappa shape index (κ3) is 5.26. The quantitative estimate of drug-likeness (QED) is 0.697. The van der Waals surface area contributed by atoms with Crippen molar-refractivity contribution in [3.8, 4) is 5.75 Å².